The van der Waals surface area contributed by atoms with Gasteiger partial charge in [0.05, 0.1) is 0 Å². The van der Waals surface area contributed by atoms with Crippen LogP contribution in [0.1, 0.15) is 44.1 Å². The molecule has 1 amide bonds. The highest BCUT2D eigenvalue weighted by Crippen LogP contribution is 2.36. The first-order valence-corrected chi connectivity index (χ1v) is 10.1. The van der Waals surface area contributed by atoms with Crippen molar-refractivity contribution in [3.63, 3.8) is 0 Å². The Morgan fingerprint density at radius 1 is 1.41 bits per heavy atom. The predicted octanol–water partition coefficient (Wildman–Crippen LogP) is 4.39. The fourth-order valence-electron chi connectivity index (χ4n) is 2.37. The van der Waals surface area contributed by atoms with Gasteiger partial charge in [0.2, 0.25) is 5.96 Å². The highest BCUT2D eigenvalue weighted by Gasteiger charge is 2.19. The lowest BCUT2D eigenvalue weighted by atomic mass is 10.0. The number of alkyl carbamates (subject to hydrolysis) is 1. The second kappa shape index (κ2) is 8.79. The fourth-order valence-corrected chi connectivity index (χ4v) is 3.89. The molecule has 0 saturated carbocycles. The van der Waals surface area contributed by atoms with Crippen molar-refractivity contribution in [3.8, 4) is 5.75 Å². The van der Waals surface area contributed by atoms with Crippen LogP contribution in [-0.2, 0) is 11.8 Å². The molecule has 2 aromatic heterocycles. The number of hydrogen-bond acceptors (Lipinski definition) is 5. The molecule has 27 heavy (non-hydrogen) atoms. The van der Waals surface area contributed by atoms with E-state index >= 15 is 0 Å². The van der Waals surface area contributed by atoms with Gasteiger partial charge >= 0.3 is 6.09 Å². The van der Waals surface area contributed by atoms with E-state index in [4.69, 9.17) is 14.9 Å². The molecule has 148 valence electrons. The Balaban J connectivity index is 1.91. The van der Waals surface area contributed by atoms with Gasteiger partial charge in [-0.25, -0.2) is 4.79 Å². The van der Waals surface area contributed by atoms with E-state index in [9.17, 15) is 4.79 Å². The summed E-state index contributed by atoms with van der Waals surface area (Å²) in [4.78, 5) is 12.9. The molecule has 0 fully saturated rings. The summed E-state index contributed by atoms with van der Waals surface area (Å²) in [6.07, 6.45) is 3.23. The summed E-state index contributed by atoms with van der Waals surface area (Å²) in [5.41, 5.74) is 0.437. The van der Waals surface area contributed by atoms with Crippen LogP contribution >= 0.6 is 27.3 Å². The van der Waals surface area contributed by atoms with Gasteiger partial charge in [-0.15, -0.1) is 11.3 Å². The first-order valence-electron chi connectivity index (χ1n) is 8.40. The Labute approximate surface area is 171 Å². The van der Waals surface area contributed by atoms with E-state index in [0.717, 1.165) is 15.8 Å². The van der Waals surface area contributed by atoms with Crippen molar-refractivity contribution in [2.75, 3.05) is 6.73 Å². The lowest BCUT2D eigenvalue weighted by Gasteiger charge is -2.20. The minimum atomic E-state index is -0.683. The average Bonchev–Trinajstić information content (AvgIpc) is 3.10. The second-order valence-electron chi connectivity index (χ2n) is 7.10. The molecule has 2 heterocycles. The monoisotopic (exact) mass is 456 g/mol. The molecule has 0 saturated heterocycles. The number of nitrogens with zero attached hydrogens (tertiary/aromatic N) is 1. The number of thiophene rings is 1. The highest BCUT2D eigenvalue weighted by molar-refractivity contribution is 9.10. The van der Waals surface area contributed by atoms with E-state index in [1.54, 1.807) is 32.1 Å². The lowest BCUT2D eigenvalue weighted by molar-refractivity contribution is 0.0560. The number of rotatable bonds is 5. The Morgan fingerprint density at radius 3 is 2.70 bits per heavy atom. The normalized spacial score (nSPS) is 12.4. The standard InChI is InChI=1S/C18H25BrN4O3S/c1-11(15-6-12(19)9-27-15)13-7-23(5)8-14(13)25-10-21-16(20)22-17(24)26-18(2,3)4/h6-9,11H,10H2,1-5H3,(H3,20,21,22,24). The van der Waals surface area contributed by atoms with Crippen LogP contribution in [0.5, 0.6) is 5.75 Å². The molecule has 2 aromatic rings. The molecule has 0 spiro atoms. The number of carbonyl (C=O) groups is 1. The fraction of sp³-hybridized carbons (Fsp3) is 0.444. The Kier molecular flexibility index (Phi) is 6.94. The Bertz CT molecular complexity index is 810. The van der Waals surface area contributed by atoms with E-state index in [1.165, 1.54) is 4.88 Å². The van der Waals surface area contributed by atoms with Crippen LogP contribution in [0.4, 0.5) is 4.79 Å². The van der Waals surface area contributed by atoms with E-state index in [0.29, 0.717) is 0 Å². The van der Waals surface area contributed by atoms with Gasteiger partial charge in [-0.2, -0.15) is 0 Å². The predicted molar refractivity (Wildman–Crippen MR) is 111 cm³/mol. The first-order chi connectivity index (χ1) is 12.5. The number of halogens is 1. The van der Waals surface area contributed by atoms with E-state index < -0.39 is 11.7 Å². The van der Waals surface area contributed by atoms with Crippen LogP contribution < -0.4 is 15.4 Å². The molecular weight excluding hydrogens is 432 g/mol. The van der Waals surface area contributed by atoms with Crippen molar-refractivity contribution in [1.29, 1.82) is 5.41 Å². The second-order valence-corrected chi connectivity index (χ2v) is 8.96. The van der Waals surface area contributed by atoms with Crippen LogP contribution in [0.15, 0.2) is 28.3 Å². The number of ether oxygens (including phenoxy) is 2. The van der Waals surface area contributed by atoms with Gasteiger partial charge < -0.3 is 19.4 Å². The van der Waals surface area contributed by atoms with E-state index in [-0.39, 0.29) is 18.6 Å². The van der Waals surface area contributed by atoms with Crippen molar-refractivity contribution in [2.45, 2.75) is 39.2 Å². The van der Waals surface area contributed by atoms with Crippen molar-refractivity contribution in [2.24, 2.45) is 7.05 Å². The lowest BCUT2D eigenvalue weighted by Crippen LogP contribution is -2.43. The van der Waals surface area contributed by atoms with Crippen LogP contribution in [0.3, 0.4) is 0 Å². The largest absolute Gasteiger partial charge is 0.471 e. The smallest absolute Gasteiger partial charge is 0.414 e. The van der Waals surface area contributed by atoms with Crippen molar-refractivity contribution in [3.05, 3.63) is 38.8 Å². The number of carbonyl (C=O) groups excluding carboxylic acids is 1. The topological polar surface area (TPSA) is 88.4 Å². The van der Waals surface area contributed by atoms with E-state index in [2.05, 4.69) is 44.9 Å². The average molecular weight is 457 g/mol. The summed E-state index contributed by atoms with van der Waals surface area (Å²) >= 11 is 5.18. The molecule has 1 unspecified atom stereocenters. The Hall–Kier alpha value is -2.00. The van der Waals surface area contributed by atoms with Gasteiger partial charge in [0.25, 0.3) is 0 Å². The number of hydrogen-bond donors (Lipinski definition) is 3. The first kappa shape index (κ1) is 21.3. The summed E-state index contributed by atoms with van der Waals surface area (Å²) in [6, 6.07) is 2.10. The third-order valence-corrected chi connectivity index (χ3v) is 5.41. The number of aromatic nitrogens is 1. The highest BCUT2D eigenvalue weighted by atomic mass is 79.9. The molecule has 0 aliphatic rings. The molecule has 0 aliphatic carbocycles. The molecule has 7 nitrogen and oxygen atoms in total. The SMILES string of the molecule is CC(c1cc(Br)cs1)c1cn(C)cc1OCNC(=N)NC(=O)OC(C)(C)C. The molecule has 9 heteroatoms. The summed E-state index contributed by atoms with van der Waals surface area (Å²) in [5.74, 6) is 0.723. The number of amides is 1. The molecule has 0 bridgehead atoms. The van der Waals surface area contributed by atoms with Crippen LogP contribution in [0.25, 0.3) is 0 Å². The molecular formula is C18H25BrN4O3S. The van der Waals surface area contributed by atoms with Gasteiger partial charge in [-0.1, -0.05) is 6.92 Å². The summed E-state index contributed by atoms with van der Waals surface area (Å²) in [5, 5.41) is 14.8. The Morgan fingerprint density at radius 2 is 2.11 bits per heavy atom. The number of nitrogens with one attached hydrogen (secondary N) is 3. The minimum Gasteiger partial charge on any atom is -0.471 e. The number of aryl methyl sites for hydroxylation is 1. The summed E-state index contributed by atoms with van der Waals surface area (Å²) in [6.45, 7) is 7.46. The van der Waals surface area contributed by atoms with Crippen LogP contribution in [0, 0.1) is 5.41 Å². The zero-order chi connectivity index (χ0) is 20.2. The van der Waals surface area contributed by atoms with Crippen molar-refractivity contribution in [1.82, 2.24) is 15.2 Å². The molecule has 0 aliphatic heterocycles. The molecule has 0 aromatic carbocycles. The van der Waals surface area contributed by atoms with E-state index in [1.807, 2.05) is 24.0 Å². The zero-order valence-corrected chi connectivity index (χ0v) is 18.5. The molecule has 0 radical (unpaired) electrons. The minimum absolute atomic E-state index is 0.0481. The maximum absolute atomic E-state index is 11.6. The third-order valence-electron chi connectivity index (χ3n) is 3.53. The van der Waals surface area contributed by atoms with Gasteiger partial charge in [0, 0.05) is 45.7 Å². The van der Waals surface area contributed by atoms with Gasteiger partial charge in [0.1, 0.15) is 11.4 Å². The van der Waals surface area contributed by atoms with Gasteiger partial charge in [-0.3, -0.25) is 10.7 Å². The van der Waals surface area contributed by atoms with Crippen molar-refractivity contribution >= 4 is 39.3 Å². The molecule has 1 atom stereocenters. The maximum atomic E-state index is 11.6. The zero-order valence-electron chi connectivity index (χ0n) is 16.1. The molecule has 2 rings (SSSR count). The summed E-state index contributed by atoms with van der Waals surface area (Å²) < 4.78 is 13.9. The van der Waals surface area contributed by atoms with Crippen molar-refractivity contribution < 1.29 is 14.3 Å². The van der Waals surface area contributed by atoms with Crippen LogP contribution in [-0.4, -0.2) is 29.0 Å². The van der Waals surface area contributed by atoms with Gasteiger partial charge in [0.15, 0.2) is 6.73 Å². The van der Waals surface area contributed by atoms with Gasteiger partial charge in [-0.05, 0) is 42.8 Å². The quantitative estimate of drug-likeness (QED) is 0.353. The maximum Gasteiger partial charge on any atom is 0.414 e. The van der Waals surface area contributed by atoms with Crippen LogP contribution in [0.2, 0.25) is 0 Å². The molecule has 3 N–H and O–H groups in total. The number of guanidine groups is 1. The summed E-state index contributed by atoms with van der Waals surface area (Å²) in [7, 11) is 1.94. The third kappa shape index (κ3) is 6.59.